The molecule has 0 spiro atoms. The largest absolute Gasteiger partial charge is 0.451 e. The number of carbonyl (C=O) groups excluding carboxylic acids is 1. The summed E-state index contributed by atoms with van der Waals surface area (Å²) in [6.07, 6.45) is 0. The zero-order valence-corrected chi connectivity index (χ0v) is 13.5. The Hall–Kier alpha value is -2.18. The van der Waals surface area contributed by atoms with Gasteiger partial charge in [0.1, 0.15) is 5.58 Å². The van der Waals surface area contributed by atoms with Crippen LogP contribution in [0.3, 0.4) is 0 Å². The minimum Gasteiger partial charge on any atom is -0.451 e. The van der Waals surface area contributed by atoms with Gasteiger partial charge in [-0.3, -0.25) is 4.79 Å². The zero-order chi connectivity index (χ0) is 15.8. The van der Waals surface area contributed by atoms with E-state index >= 15 is 0 Å². The first-order chi connectivity index (χ1) is 11.2. The van der Waals surface area contributed by atoms with Crippen molar-refractivity contribution >= 4 is 28.2 Å². The number of ether oxygens (including phenoxy) is 1. The van der Waals surface area contributed by atoms with Gasteiger partial charge in [0.05, 0.1) is 30.0 Å². The number of thiazole rings is 1. The summed E-state index contributed by atoms with van der Waals surface area (Å²) < 4.78 is 11.3. The highest BCUT2D eigenvalue weighted by Crippen LogP contribution is 2.28. The number of nitrogens with zero attached hydrogens (tertiary/aromatic N) is 2. The van der Waals surface area contributed by atoms with Crippen molar-refractivity contribution in [2.75, 3.05) is 19.8 Å². The number of aryl methyl sites for hydroxylation is 1. The minimum atomic E-state index is -0.158. The standard InChI is InChI=1S/C17H16N2O3S/c1-11-18-13(10-23-11)14-9-21-7-6-19(14)17(20)16-8-12-4-2-3-5-15(12)22-16/h2-5,8,10,14H,6-7,9H2,1H3. The number of carbonyl (C=O) groups is 1. The van der Waals surface area contributed by atoms with Gasteiger partial charge in [0, 0.05) is 17.3 Å². The summed E-state index contributed by atoms with van der Waals surface area (Å²) >= 11 is 1.58. The molecule has 4 rings (SSSR count). The maximum absolute atomic E-state index is 12.9. The number of amides is 1. The molecule has 1 amide bonds. The monoisotopic (exact) mass is 328 g/mol. The molecule has 1 saturated heterocycles. The number of rotatable bonds is 2. The summed E-state index contributed by atoms with van der Waals surface area (Å²) in [5.41, 5.74) is 1.61. The van der Waals surface area contributed by atoms with Gasteiger partial charge in [-0.2, -0.15) is 0 Å². The quantitative estimate of drug-likeness (QED) is 0.723. The molecule has 1 unspecified atom stereocenters. The highest BCUT2D eigenvalue weighted by molar-refractivity contribution is 7.09. The van der Waals surface area contributed by atoms with E-state index in [1.165, 1.54) is 0 Å². The number of hydrogen-bond acceptors (Lipinski definition) is 5. The van der Waals surface area contributed by atoms with Crippen LogP contribution in [-0.4, -0.2) is 35.5 Å². The van der Waals surface area contributed by atoms with E-state index in [9.17, 15) is 4.79 Å². The molecule has 1 aliphatic heterocycles. The number of hydrogen-bond donors (Lipinski definition) is 0. The molecule has 0 aliphatic carbocycles. The smallest absolute Gasteiger partial charge is 0.290 e. The van der Waals surface area contributed by atoms with Crippen molar-refractivity contribution in [3.05, 3.63) is 52.2 Å². The fourth-order valence-electron chi connectivity index (χ4n) is 2.85. The summed E-state index contributed by atoms with van der Waals surface area (Å²) in [4.78, 5) is 19.2. The van der Waals surface area contributed by atoms with Crippen LogP contribution in [0.2, 0.25) is 0 Å². The summed E-state index contributed by atoms with van der Waals surface area (Å²) in [5, 5.41) is 3.92. The van der Waals surface area contributed by atoms with Gasteiger partial charge in [-0.25, -0.2) is 4.98 Å². The molecule has 1 aliphatic rings. The van der Waals surface area contributed by atoms with Gasteiger partial charge in [-0.05, 0) is 19.1 Å². The van der Waals surface area contributed by atoms with Crippen LogP contribution in [0.15, 0.2) is 40.1 Å². The highest BCUT2D eigenvalue weighted by Gasteiger charge is 2.32. The van der Waals surface area contributed by atoms with Crippen molar-refractivity contribution in [1.82, 2.24) is 9.88 Å². The van der Waals surface area contributed by atoms with Crippen molar-refractivity contribution in [1.29, 1.82) is 0 Å². The van der Waals surface area contributed by atoms with Gasteiger partial charge < -0.3 is 14.1 Å². The zero-order valence-electron chi connectivity index (χ0n) is 12.7. The molecule has 118 valence electrons. The molecular weight excluding hydrogens is 312 g/mol. The molecule has 0 radical (unpaired) electrons. The molecule has 23 heavy (non-hydrogen) atoms. The van der Waals surface area contributed by atoms with Crippen LogP contribution >= 0.6 is 11.3 Å². The van der Waals surface area contributed by atoms with Crippen LogP contribution in [0.25, 0.3) is 11.0 Å². The van der Waals surface area contributed by atoms with E-state index in [1.54, 1.807) is 22.3 Å². The van der Waals surface area contributed by atoms with Crippen molar-refractivity contribution in [2.45, 2.75) is 13.0 Å². The molecule has 0 N–H and O–H groups in total. The third-order valence-corrected chi connectivity index (χ3v) is 4.80. The van der Waals surface area contributed by atoms with E-state index in [1.807, 2.05) is 36.6 Å². The fraction of sp³-hybridized carbons (Fsp3) is 0.294. The van der Waals surface area contributed by atoms with Crippen LogP contribution in [0.5, 0.6) is 0 Å². The summed E-state index contributed by atoms with van der Waals surface area (Å²) in [5.74, 6) is 0.255. The minimum absolute atomic E-state index is 0.111. The number of fused-ring (bicyclic) bond motifs is 1. The number of aromatic nitrogens is 1. The summed E-state index contributed by atoms with van der Waals surface area (Å²) in [7, 11) is 0. The highest BCUT2D eigenvalue weighted by atomic mass is 32.1. The van der Waals surface area contributed by atoms with E-state index in [0.717, 1.165) is 21.7 Å². The Morgan fingerprint density at radius 1 is 1.39 bits per heavy atom. The normalized spacial score (nSPS) is 18.5. The third-order valence-electron chi connectivity index (χ3n) is 4.00. The molecule has 1 atom stereocenters. The number of para-hydroxylation sites is 1. The first kappa shape index (κ1) is 14.4. The Bertz CT molecular complexity index is 821. The van der Waals surface area contributed by atoms with E-state index in [2.05, 4.69) is 4.98 Å². The van der Waals surface area contributed by atoms with E-state index < -0.39 is 0 Å². The van der Waals surface area contributed by atoms with Gasteiger partial charge in [-0.1, -0.05) is 18.2 Å². The van der Waals surface area contributed by atoms with Gasteiger partial charge in [0.2, 0.25) is 0 Å². The molecule has 1 aromatic carbocycles. The van der Waals surface area contributed by atoms with Crippen LogP contribution in [0, 0.1) is 6.92 Å². The SMILES string of the molecule is Cc1nc(C2COCCN2C(=O)c2cc3ccccc3o2)cs1. The molecule has 3 heterocycles. The lowest BCUT2D eigenvalue weighted by Crippen LogP contribution is -2.43. The lowest BCUT2D eigenvalue weighted by molar-refractivity contribution is -0.00520. The summed E-state index contributed by atoms with van der Waals surface area (Å²) in [6, 6.07) is 9.28. The molecular formula is C17H16N2O3S. The first-order valence-electron chi connectivity index (χ1n) is 7.52. The third kappa shape index (κ3) is 2.64. The van der Waals surface area contributed by atoms with Crippen LogP contribution in [0.1, 0.15) is 27.3 Å². The second-order valence-corrected chi connectivity index (χ2v) is 6.59. The molecule has 0 bridgehead atoms. The van der Waals surface area contributed by atoms with Crippen LogP contribution < -0.4 is 0 Å². The first-order valence-corrected chi connectivity index (χ1v) is 8.39. The van der Waals surface area contributed by atoms with Gasteiger partial charge in [0.25, 0.3) is 5.91 Å². The fourth-order valence-corrected chi connectivity index (χ4v) is 3.51. The molecule has 2 aromatic heterocycles. The average Bonchev–Trinajstić information content (AvgIpc) is 3.20. The second-order valence-electron chi connectivity index (χ2n) is 5.53. The maximum Gasteiger partial charge on any atom is 0.290 e. The molecule has 5 nitrogen and oxygen atoms in total. The van der Waals surface area contributed by atoms with Crippen molar-refractivity contribution in [3.8, 4) is 0 Å². The number of benzene rings is 1. The van der Waals surface area contributed by atoms with E-state index in [4.69, 9.17) is 9.15 Å². The summed E-state index contributed by atoms with van der Waals surface area (Å²) in [6.45, 7) is 3.50. The van der Waals surface area contributed by atoms with Crippen molar-refractivity contribution in [3.63, 3.8) is 0 Å². The van der Waals surface area contributed by atoms with Gasteiger partial charge >= 0.3 is 0 Å². The van der Waals surface area contributed by atoms with Gasteiger partial charge in [0.15, 0.2) is 5.76 Å². The lowest BCUT2D eigenvalue weighted by atomic mass is 10.1. The predicted octanol–water partition coefficient (Wildman–Crippen LogP) is 3.41. The molecule has 0 saturated carbocycles. The Morgan fingerprint density at radius 2 is 2.26 bits per heavy atom. The number of furan rings is 1. The van der Waals surface area contributed by atoms with Crippen molar-refractivity contribution < 1.29 is 13.9 Å². The second kappa shape index (κ2) is 5.79. The Balaban J connectivity index is 1.67. The maximum atomic E-state index is 12.9. The van der Waals surface area contributed by atoms with Crippen molar-refractivity contribution in [2.24, 2.45) is 0 Å². The molecule has 6 heteroatoms. The Kier molecular flexibility index (Phi) is 3.63. The predicted molar refractivity (Wildman–Crippen MR) is 87.7 cm³/mol. The Labute approximate surface area is 137 Å². The number of morpholine rings is 1. The average molecular weight is 328 g/mol. The Morgan fingerprint density at radius 3 is 3.04 bits per heavy atom. The lowest BCUT2D eigenvalue weighted by Gasteiger charge is -2.34. The molecule has 3 aromatic rings. The van der Waals surface area contributed by atoms with Gasteiger partial charge in [-0.15, -0.1) is 11.3 Å². The topological polar surface area (TPSA) is 55.6 Å². The van der Waals surface area contributed by atoms with E-state index in [0.29, 0.717) is 25.5 Å². The van der Waals surface area contributed by atoms with Crippen LogP contribution in [-0.2, 0) is 4.74 Å². The van der Waals surface area contributed by atoms with Crippen LogP contribution in [0.4, 0.5) is 0 Å². The van der Waals surface area contributed by atoms with E-state index in [-0.39, 0.29) is 11.9 Å². The molecule has 1 fully saturated rings.